The first-order chi connectivity index (χ1) is 15.5. The van der Waals surface area contributed by atoms with Gasteiger partial charge in [0.2, 0.25) is 5.91 Å². The Hall–Kier alpha value is -3.12. The molecule has 2 aromatic carbocycles. The van der Waals surface area contributed by atoms with Crippen LogP contribution in [0.5, 0.6) is 0 Å². The van der Waals surface area contributed by atoms with E-state index in [1.807, 2.05) is 30.3 Å². The second-order valence-electron chi connectivity index (χ2n) is 8.11. The van der Waals surface area contributed by atoms with Crippen molar-refractivity contribution in [1.29, 1.82) is 0 Å². The zero-order chi connectivity index (χ0) is 22.5. The number of amides is 1. The first kappa shape index (κ1) is 22.1. The van der Waals surface area contributed by atoms with Gasteiger partial charge in [0.15, 0.2) is 0 Å². The minimum absolute atomic E-state index is 0.226. The zero-order valence-corrected chi connectivity index (χ0v) is 18.6. The summed E-state index contributed by atoms with van der Waals surface area (Å²) in [6, 6.07) is 14.5. The van der Waals surface area contributed by atoms with Gasteiger partial charge >= 0.3 is 11.1 Å². The van der Waals surface area contributed by atoms with Crippen molar-refractivity contribution < 1.29 is 4.79 Å². The fraction of sp³-hybridized carbons (Fsp3) is 0.320. The molecule has 0 fully saturated rings. The molecule has 0 unspecified atom stereocenters. The summed E-state index contributed by atoms with van der Waals surface area (Å²) in [6.45, 7) is 0.550. The van der Waals surface area contributed by atoms with Gasteiger partial charge < -0.3 is 5.32 Å². The van der Waals surface area contributed by atoms with Crippen molar-refractivity contribution in [2.45, 2.75) is 45.2 Å². The number of allylic oxidation sites excluding steroid dienone is 1. The summed E-state index contributed by atoms with van der Waals surface area (Å²) in [5.41, 5.74) is 1.89. The minimum Gasteiger partial charge on any atom is -0.354 e. The number of aromatic nitrogens is 2. The van der Waals surface area contributed by atoms with Gasteiger partial charge in [-0.3, -0.25) is 23.5 Å². The normalized spacial score (nSPS) is 13.7. The highest BCUT2D eigenvalue weighted by atomic mass is 35.5. The average molecular weight is 452 g/mol. The van der Waals surface area contributed by atoms with Gasteiger partial charge in [-0.05, 0) is 55.9 Å². The molecule has 32 heavy (non-hydrogen) atoms. The Labute approximate surface area is 191 Å². The van der Waals surface area contributed by atoms with Crippen molar-refractivity contribution in [3.8, 4) is 0 Å². The predicted molar refractivity (Wildman–Crippen MR) is 127 cm³/mol. The maximum absolute atomic E-state index is 13.0. The summed E-state index contributed by atoms with van der Waals surface area (Å²) in [4.78, 5) is 38.5. The highest BCUT2D eigenvalue weighted by Gasteiger charge is 2.16. The largest absolute Gasteiger partial charge is 0.354 e. The van der Waals surface area contributed by atoms with Crippen LogP contribution in [-0.2, 0) is 17.9 Å². The lowest BCUT2D eigenvalue weighted by molar-refractivity contribution is -0.121. The lowest BCUT2D eigenvalue weighted by Gasteiger charge is -2.16. The molecule has 0 saturated heterocycles. The summed E-state index contributed by atoms with van der Waals surface area (Å²) < 4.78 is 2.66. The van der Waals surface area contributed by atoms with Crippen molar-refractivity contribution in [2.75, 3.05) is 6.54 Å². The summed E-state index contributed by atoms with van der Waals surface area (Å²) in [7, 11) is 0. The molecule has 0 saturated carbocycles. The van der Waals surface area contributed by atoms with E-state index in [1.54, 1.807) is 18.2 Å². The first-order valence-electron chi connectivity index (χ1n) is 10.9. The van der Waals surface area contributed by atoms with E-state index < -0.39 is 11.1 Å². The lowest BCUT2D eigenvalue weighted by Crippen LogP contribution is -2.44. The number of nitrogens with one attached hydrogen (secondary N) is 1. The Kier molecular flexibility index (Phi) is 6.90. The number of nitrogens with zero attached hydrogens (tertiary/aromatic N) is 2. The van der Waals surface area contributed by atoms with E-state index in [2.05, 4.69) is 11.4 Å². The number of carbonyl (C=O) groups excluding carboxylic acids is 1. The maximum Gasteiger partial charge on any atom is 0.317 e. The van der Waals surface area contributed by atoms with Crippen LogP contribution in [0.4, 0.5) is 0 Å². The fourth-order valence-electron chi connectivity index (χ4n) is 4.16. The Bertz CT molecular complexity index is 1280. The van der Waals surface area contributed by atoms with Crippen molar-refractivity contribution in [1.82, 2.24) is 14.5 Å². The van der Waals surface area contributed by atoms with Gasteiger partial charge in [0.25, 0.3) is 0 Å². The molecule has 1 heterocycles. The SMILES string of the molecule is O=C(Cn1c(=O)c(=O)n(Cc2ccccc2)c2ccc(Cl)cc21)NCCC1=CCCCC1. The number of hydrogen-bond acceptors (Lipinski definition) is 3. The molecule has 6 nitrogen and oxygen atoms in total. The number of halogens is 1. The minimum atomic E-state index is -0.735. The van der Waals surface area contributed by atoms with Gasteiger partial charge in [0, 0.05) is 11.6 Å². The molecule has 1 aliphatic rings. The molecule has 166 valence electrons. The van der Waals surface area contributed by atoms with Gasteiger partial charge in [0.05, 0.1) is 17.6 Å². The molecule has 0 spiro atoms. The third kappa shape index (κ3) is 5.02. The molecule has 0 aliphatic heterocycles. The van der Waals surface area contributed by atoms with E-state index in [0.717, 1.165) is 24.8 Å². The number of rotatable bonds is 7. The lowest BCUT2D eigenvalue weighted by atomic mass is 9.97. The molecular weight excluding hydrogens is 426 g/mol. The Morgan fingerprint density at radius 1 is 0.969 bits per heavy atom. The van der Waals surface area contributed by atoms with Gasteiger partial charge in [0.1, 0.15) is 6.54 Å². The van der Waals surface area contributed by atoms with Crippen LogP contribution in [0.1, 0.15) is 37.7 Å². The molecule has 0 bridgehead atoms. The monoisotopic (exact) mass is 451 g/mol. The summed E-state index contributed by atoms with van der Waals surface area (Å²) in [6.07, 6.45) is 7.67. The highest BCUT2D eigenvalue weighted by molar-refractivity contribution is 6.31. The number of hydrogen-bond donors (Lipinski definition) is 1. The van der Waals surface area contributed by atoms with Crippen LogP contribution in [0.3, 0.4) is 0 Å². The van der Waals surface area contributed by atoms with Crippen LogP contribution in [-0.4, -0.2) is 21.6 Å². The van der Waals surface area contributed by atoms with Crippen LogP contribution in [0.2, 0.25) is 5.02 Å². The number of benzene rings is 2. The quantitative estimate of drug-likeness (QED) is 0.437. The average Bonchev–Trinajstić information content (AvgIpc) is 2.81. The van der Waals surface area contributed by atoms with Gasteiger partial charge in [-0.1, -0.05) is 53.6 Å². The van der Waals surface area contributed by atoms with Crippen LogP contribution in [0.25, 0.3) is 11.0 Å². The number of carbonyl (C=O) groups is 1. The second-order valence-corrected chi connectivity index (χ2v) is 8.55. The van der Waals surface area contributed by atoms with Gasteiger partial charge in [-0.15, -0.1) is 0 Å². The summed E-state index contributed by atoms with van der Waals surface area (Å²) in [5.74, 6) is -0.301. The van der Waals surface area contributed by atoms with Crippen LogP contribution >= 0.6 is 11.6 Å². The van der Waals surface area contributed by atoms with Crippen LogP contribution in [0, 0.1) is 0 Å². The van der Waals surface area contributed by atoms with Crippen molar-refractivity contribution in [3.05, 3.63) is 91.5 Å². The van der Waals surface area contributed by atoms with E-state index in [0.29, 0.717) is 22.6 Å². The van der Waals surface area contributed by atoms with Gasteiger partial charge in [-0.25, -0.2) is 0 Å². The maximum atomic E-state index is 13.0. The van der Waals surface area contributed by atoms with Crippen molar-refractivity contribution in [2.24, 2.45) is 0 Å². The first-order valence-corrected chi connectivity index (χ1v) is 11.3. The Balaban J connectivity index is 1.61. The molecule has 7 heteroatoms. The van der Waals surface area contributed by atoms with E-state index in [1.165, 1.54) is 27.5 Å². The van der Waals surface area contributed by atoms with E-state index >= 15 is 0 Å². The van der Waals surface area contributed by atoms with Crippen LogP contribution in [0.15, 0.2) is 69.8 Å². The predicted octanol–water partition coefficient (Wildman–Crippen LogP) is 3.87. The van der Waals surface area contributed by atoms with Gasteiger partial charge in [-0.2, -0.15) is 0 Å². The molecule has 1 aliphatic carbocycles. The molecule has 3 aromatic rings. The second kappa shape index (κ2) is 10.0. The smallest absolute Gasteiger partial charge is 0.317 e. The van der Waals surface area contributed by atoms with Crippen LogP contribution < -0.4 is 16.4 Å². The molecule has 1 amide bonds. The third-order valence-electron chi connectivity index (χ3n) is 5.83. The van der Waals surface area contributed by atoms with Crippen molar-refractivity contribution >= 4 is 28.5 Å². The third-order valence-corrected chi connectivity index (χ3v) is 6.07. The van der Waals surface area contributed by atoms with E-state index in [4.69, 9.17) is 11.6 Å². The summed E-state index contributed by atoms with van der Waals surface area (Å²) >= 11 is 6.19. The van der Waals surface area contributed by atoms with E-state index in [-0.39, 0.29) is 19.0 Å². The highest BCUT2D eigenvalue weighted by Crippen LogP contribution is 2.20. The van der Waals surface area contributed by atoms with E-state index in [9.17, 15) is 14.4 Å². The molecule has 1 aromatic heterocycles. The Morgan fingerprint density at radius 2 is 1.75 bits per heavy atom. The standard InChI is InChI=1S/C25H26ClN3O3/c26-20-11-12-21-22(15-20)29(17-23(30)27-14-13-18-7-3-1-4-8-18)25(32)24(31)28(21)16-19-9-5-2-6-10-19/h2,5-7,9-12,15H,1,3-4,8,13-14,16-17H2,(H,27,30). The van der Waals surface area contributed by atoms with Crippen molar-refractivity contribution in [3.63, 3.8) is 0 Å². The summed E-state index contributed by atoms with van der Waals surface area (Å²) in [5, 5.41) is 3.31. The topological polar surface area (TPSA) is 73.1 Å². The molecule has 4 rings (SSSR count). The zero-order valence-electron chi connectivity index (χ0n) is 17.9. The Morgan fingerprint density at radius 3 is 2.50 bits per heavy atom. The number of fused-ring (bicyclic) bond motifs is 1. The molecule has 0 radical (unpaired) electrons. The fourth-order valence-corrected chi connectivity index (χ4v) is 4.33. The molecule has 1 N–H and O–H groups in total. The molecular formula is C25H26ClN3O3. The molecule has 0 atom stereocenters.